The quantitative estimate of drug-likeness (QED) is 0.209. The maximum Gasteiger partial charge on any atom is 0.270 e. The summed E-state index contributed by atoms with van der Waals surface area (Å²) in [5, 5.41) is 9.35. The molecule has 10 nitrogen and oxygen atoms in total. The summed E-state index contributed by atoms with van der Waals surface area (Å²) in [6.07, 6.45) is 7.28. The smallest absolute Gasteiger partial charge is 0.270 e. The van der Waals surface area contributed by atoms with Crippen LogP contribution in [-0.2, 0) is 5.92 Å². The fourth-order valence-corrected chi connectivity index (χ4v) is 5.04. The summed E-state index contributed by atoms with van der Waals surface area (Å²) < 4.78 is 34.7. The van der Waals surface area contributed by atoms with E-state index in [4.69, 9.17) is 4.74 Å². The first kappa shape index (κ1) is 28.9. The second kappa shape index (κ2) is 12.5. The van der Waals surface area contributed by atoms with Gasteiger partial charge in [0.2, 0.25) is 5.95 Å². The second-order valence-corrected chi connectivity index (χ2v) is 10.2. The van der Waals surface area contributed by atoms with Crippen molar-refractivity contribution < 1.29 is 18.3 Å². The Kier molecular flexibility index (Phi) is 8.62. The fraction of sp³-hybridized carbons (Fsp3) is 0.333. The minimum atomic E-state index is -3.03. The van der Waals surface area contributed by atoms with Gasteiger partial charge in [0, 0.05) is 66.5 Å². The van der Waals surface area contributed by atoms with Gasteiger partial charge in [-0.3, -0.25) is 14.3 Å². The van der Waals surface area contributed by atoms with Crippen LogP contribution >= 0.6 is 0 Å². The second-order valence-electron chi connectivity index (χ2n) is 10.2. The molecule has 0 bridgehead atoms. The monoisotopic (exact) mass is 576 g/mol. The van der Waals surface area contributed by atoms with Crippen LogP contribution in [0.5, 0.6) is 5.75 Å². The molecule has 1 atom stereocenters. The van der Waals surface area contributed by atoms with Gasteiger partial charge in [0.1, 0.15) is 23.7 Å². The highest BCUT2D eigenvalue weighted by Crippen LogP contribution is 2.30. The van der Waals surface area contributed by atoms with E-state index in [1.807, 2.05) is 6.07 Å². The van der Waals surface area contributed by atoms with Gasteiger partial charge in [0.25, 0.3) is 11.8 Å². The molecule has 42 heavy (non-hydrogen) atoms. The van der Waals surface area contributed by atoms with E-state index < -0.39 is 11.8 Å². The highest BCUT2D eigenvalue weighted by Gasteiger charge is 2.25. The number of halogens is 2. The van der Waals surface area contributed by atoms with Crippen LogP contribution in [0.15, 0.2) is 67.3 Å². The molecular formula is C30H34F2N8O2. The number of methoxy groups -OCH3 is 1. The normalized spacial score (nSPS) is 15.4. The van der Waals surface area contributed by atoms with E-state index in [1.54, 1.807) is 41.2 Å². The van der Waals surface area contributed by atoms with E-state index in [0.29, 0.717) is 35.1 Å². The van der Waals surface area contributed by atoms with Gasteiger partial charge in [-0.1, -0.05) is 19.1 Å². The number of likely N-dealkylation sites (N-methyl/N-ethyl adjacent to an activating group) is 1. The van der Waals surface area contributed by atoms with Gasteiger partial charge in [-0.05, 0) is 50.2 Å². The van der Waals surface area contributed by atoms with Gasteiger partial charge in [0.05, 0.1) is 7.11 Å². The number of ether oxygens (including phenoxy) is 1. The summed E-state index contributed by atoms with van der Waals surface area (Å²) in [6.45, 7) is 5.96. The number of imidazole rings is 1. The number of anilines is 4. The first-order valence-electron chi connectivity index (χ1n) is 13.8. The fourth-order valence-electron chi connectivity index (χ4n) is 5.04. The van der Waals surface area contributed by atoms with E-state index >= 15 is 0 Å². The minimum Gasteiger partial charge on any atom is -0.497 e. The van der Waals surface area contributed by atoms with Crippen LogP contribution < -0.4 is 20.7 Å². The van der Waals surface area contributed by atoms with Crippen LogP contribution in [0.4, 0.5) is 31.9 Å². The van der Waals surface area contributed by atoms with Gasteiger partial charge in [0.15, 0.2) is 0 Å². The molecule has 1 fully saturated rings. The highest BCUT2D eigenvalue weighted by molar-refractivity contribution is 6.05. The molecule has 3 N–H and O–H groups in total. The summed E-state index contributed by atoms with van der Waals surface area (Å²) in [5.41, 5.74) is 0.874. The third-order valence-electron chi connectivity index (χ3n) is 7.25. The Bertz CT molecular complexity index is 1540. The van der Waals surface area contributed by atoms with Crippen molar-refractivity contribution in [3.8, 4) is 11.6 Å². The summed E-state index contributed by atoms with van der Waals surface area (Å²) in [7, 11) is 1.50. The lowest BCUT2D eigenvalue weighted by Gasteiger charge is -2.23. The maximum atomic E-state index is 13.8. The number of rotatable bonds is 11. The number of carbonyl (C=O) groups excluding carboxylic acids is 1. The van der Waals surface area contributed by atoms with E-state index in [0.717, 1.165) is 33.0 Å². The lowest BCUT2D eigenvalue weighted by atomic mass is 10.1. The molecule has 1 aliphatic heterocycles. The van der Waals surface area contributed by atoms with E-state index in [1.165, 1.54) is 38.1 Å². The van der Waals surface area contributed by atoms with Gasteiger partial charge >= 0.3 is 0 Å². The molecular weight excluding hydrogens is 542 g/mol. The zero-order valence-electron chi connectivity index (χ0n) is 23.8. The average Bonchev–Trinajstić information content (AvgIpc) is 3.65. The molecule has 2 aromatic heterocycles. The zero-order chi connectivity index (χ0) is 29.7. The summed E-state index contributed by atoms with van der Waals surface area (Å²) in [6, 6.07) is 12.9. The summed E-state index contributed by atoms with van der Waals surface area (Å²) >= 11 is 0. The van der Waals surface area contributed by atoms with E-state index in [-0.39, 0.29) is 16.8 Å². The Hall–Kier alpha value is -4.58. The molecule has 0 aliphatic carbocycles. The molecule has 1 amide bonds. The van der Waals surface area contributed by atoms with Crippen LogP contribution in [0.25, 0.3) is 5.82 Å². The molecule has 4 aromatic rings. The molecule has 3 heterocycles. The van der Waals surface area contributed by atoms with Gasteiger partial charge in [-0.25, -0.2) is 23.7 Å². The summed E-state index contributed by atoms with van der Waals surface area (Å²) in [4.78, 5) is 28.8. The van der Waals surface area contributed by atoms with Crippen molar-refractivity contribution in [1.82, 2.24) is 24.4 Å². The van der Waals surface area contributed by atoms with Crippen LogP contribution in [0.2, 0.25) is 0 Å². The van der Waals surface area contributed by atoms with Gasteiger partial charge < -0.3 is 20.7 Å². The number of alkyl halides is 2. The SMILES string of the molecule is CCN1CCCC1CNc1cc(-n2ccnc2Nc2cc(OC)cc(C(=O)Nc3cccc(C(C)(F)F)c3)c2)ncn1. The standard InChI is InChI=1S/C30H34F2N8O2/c1-4-39-11-6-9-24(39)18-34-26-17-27(36-19-35-26)40-12-10-33-29(40)38-23-13-20(14-25(16-23)42-3)28(41)37-22-8-5-7-21(15-22)30(2,31)32/h5,7-8,10,12-17,19,24H,4,6,9,11,18H2,1-3H3,(H,33,38)(H,37,41)(H,34,35,36). The molecule has 1 unspecified atom stereocenters. The number of aromatic nitrogens is 4. The van der Waals surface area contributed by atoms with Crippen LogP contribution in [-0.4, -0.2) is 63.1 Å². The molecule has 220 valence electrons. The highest BCUT2D eigenvalue weighted by atomic mass is 19.3. The average molecular weight is 577 g/mol. The first-order chi connectivity index (χ1) is 20.2. The van der Waals surface area contributed by atoms with Crippen molar-refractivity contribution in [3.63, 3.8) is 0 Å². The Morgan fingerprint density at radius 1 is 1.12 bits per heavy atom. The predicted octanol–water partition coefficient (Wildman–Crippen LogP) is 5.67. The maximum absolute atomic E-state index is 13.8. The molecule has 2 aromatic carbocycles. The Morgan fingerprint density at radius 2 is 1.98 bits per heavy atom. The van der Waals surface area contributed by atoms with Crippen molar-refractivity contribution >= 4 is 29.0 Å². The Balaban J connectivity index is 1.32. The van der Waals surface area contributed by atoms with Crippen molar-refractivity contribution in [2.45, 2.75) is 38.7 Å². The van der Waals surface area contributed by atoms with E-state index in [2.05, 4.69) is 42.7 Å². The number of nitrogens with zero attached hydrogens (tertiary/aromatic N) is 5. The van der Waals surface area contributed by atoms with Gasteiger partial charge in [-0.2, -0.15) is 0 Å². The third kappa shape index (κ3) is 6.82. The largest absolute Gasteiger partial charge is 0.497 e. The number of likely N-dealkylation sites (tertiary alicyclic amines) is 1. The lowest BCUT2D eigenvalue weighted by Crippen LogP contribution is -2.34. The number of benzene rings is 2. The molecule has 0 saturated carbocycles. The molecule has 5 rings (SSSR count). The predicted molar refractivity (Wildman–Crippen MR) is 158 cm³/mol. The van der Waals surface area contributed by atoms with Crippen molar-refractivity contribution in [3.05, 3.63) is 78.4 Å². The molecule has 1 aliphatic rings. The zero-order valence-corrected chi connectivity index (χ0v) is 23.8. The molecule has 1 saturated heterocycles. The van der Waals surface area contributed by atoms with Gasteiger partial charge in [-0.15, -0.1) is 0 Å². The number of hydrogen-bond donors (Lipinski definition) is 3. The number of carbonyl (C=O) groups is 1. The first-order valence-corrected chi connectivity index (χ1v) is 13.8. The van der Waals surface area contributed by atoms with Crippen LogP contribution in [0, 0.1) is 0 Å². The van der Waals surface area contributed by atoms with Crippen molar-refractivity contribution in [2.75, 3.05) is 42.7 Å². The lowest BCUT2D eigenvalue weighted by molar-refractivity contribution is 0.0175. The molecule has 12 heteroatoms. The topological polar surface area (TPSA) is 109 Å². The number of nitrogens with one attached hydrogen (secondary N) is 3. The minimum absolute atomic E-state index is 0.190. The third-order valence-corrected chi connectivity index (χ3v) is 7.25. The molecule has 0 radical (unpaired) electrons. The van der Waals surface area contributed by atoms with Crippen molar-refractivity contribution in [1.29, 1.82) is 0 Å². The van der Waals surface area contributed by atoms with Crippen molar-refractivity contribution in [2.24, 2.45) is 0 Å². The Labute approximate surface area is 243 Å². The van der Waals surface area contributed by atoms with Crippen LogP contribution in [0.1, 0.15) is 42.6 Å². The number of amides is 1. The Morgan fingerprint density at radius 3 is 2.76 bits per heavy atom. The van der Waals surface area contributed by atoms with Crippen LogP contribution in [0.3, 0.4) is 0 Å². The summed E-state index contributed by atoms with van der Waals surface area (Å²) in [5.74, 6) is -1.29. The van der Waals surface area contributed by atoms with E-state index in [9.17, 15) is 13.6 Å². The number of hydrogen-bond acceptors (Lipinski definition) is 8. The molecule has 0 spiro atoms.